The van der Waals surface area contributed by atoms with E-state index in [0.717, 1.165) is 33.3 Å². The second-order valence-corrected chi connectivity index (χ2v) is 7.93. The van der Waals surface area contributed by atoms with Crippen LogP contribution < -0.4 is 10.1 Å². The van der Waals surface area contributed by atoms with Crippen molar-refractivity contribution in [2.24, 2.45) is 0 Å². The summed E-state index contributed by atoms with van der Waals surface area (Å²) in [6.45, 7) is 4.15. The van der Waals surface area contributed by atoms with Crippen LogP contribution in [0.4, 0.5) is 18.3 Å². The van der Waals surface area contributed by atoms with Crippen LogP contribution in [0.25, 0.3) is 16.9 Å². The van der Waals surface area contributed by atoms with Gasteiger partial charge in [0.15, 0.2) is 10.8 Å². The zero-order chi connectivity index (χ0) is 23.6. The fourth-order valence-corrected chi connectivity index (χ4v) is 3.95. The Morgan fingerprint density at radius 1 is 1.15 bits per heavy atom. The normalized spacial score (nSPS) is 11.4. The number of aryl methyl sites for hydroxylation is 1. The molecule has 0 unspecified atom stereocenters. The van der Waals surface area contributed by atoms with Crippen LogP contribution in [0, 0.1) is 6.92 Å². The molecule has 2 heterocycles. The van der Waals surface area contributed by atoms with Crippen molar-refractivity contribution in [2.75, 3.05) is 11.9 Å². The van der Waals surface area contributed by atoms with E-state index in [0.29, 0.717) is 18.1 Å². The predicted octanol–water partition coefficient (Wildman–Crippen LogP) is 5.97. The van der Waals surface area contributed by atoms with Gasteiger partial charge in [-0.3, -0.25) is 10.1 Å². The number of amides is 1. The highest BCUT2D eigenvalue weighted by Crippen LogP contribution is 2.35. The lowest BCUT2D eigenvalue weighted by Gasteiger charge is -2.12. The number of benzene rings is 2. The highest BCUT2D eigenvalue weighted by molar-refractivity contribution is 7.14. The number of halogens is 3. The van der Waals surface area contributed by atoms with Gasteiger partial charge >= 0.3 is 6.18 Å². The molecule has 4 aromatic rings. The van der Waals surface area contributed by atoms with Crippen molar-refractivity contribution in [1.82, 2.24) is 14.8 Å². The van der Waals surface area contributed by atoms with Crippen molar-refractivity contribution < 1.29 is 22.7 Å². The number of ether oxygens (including phenoxy) is 1. The van der Waals surface area contributed by atoms with Crippen molar-refractivity contribution in [3.8, 4) is 22.7 Å². The molecule has 0 aliphatic rings. The number of nitrogens with one attached hydrogen (secondary N) is 1. The third-order valence-corrected chi connectivity index (χ3v) is 5.51. The molecule has 1 N–H and O–H groups in total. The maximum absolute atomic E-state index is 13.9. The molecule has 0 aliphatic heterocycles. The smallest absolute Gasteiger partial charge is 0.434 e. The lowest BCUT2D eigenvalue weighted by Crippen LogP contribution is -2.20. The number of hydrogen-bond donors (Lipinski definition) is 1. The second-order valence-electron chi connectivity index (χ2n) is 7.07. The highest BCUT2D eigenvalue weighted by atomic mass is 32.1. The number of anilines is 1. The molecule has 33 heavy (non-hydrogen) atoms. The van der Waals surface area contributed by atoms with E-state index in [-0.39, 0.29) is 10.8 Å². The van der Waals surface area contributed by atoms with Crippen LogP contribution in [0.2, 0.25) is 0 Å². The second kappa shape index (κ2) is 9.07. The van der Waals surface area contributed by atoms with Gasteiger partial charge in [0.05, 0.1) is 29.7 Å². The molecule has 170 valence electrons. The molecular weight excluding hydrogens is 453 g/mol. The van der Waals surface area contributed by atoms with Crippen LogP contribution in [0.5, 0.6) is 5.75 Å². The maximum atomic E-state index is 13.9. The Balaban J connectivity index is 1.63. The molecule has 0 bridgehead atoms. The molecule has 2 aromatic heterocycles. The number of nitrogens with zero attached hydrogens (tertiary/aromatic N) is 3. The van der Waals surface area contributed by atoms with Crippen molar-refractivity contribution in [1.29, 1.82) is 0 Å². The maximum Gasteiger partial charge on any atom is 0.434 e. The van der Waals surface area contributed by atoms with Gasteiger partial charge in [-0.1, -0.05) is 29.8 Å². The van der Waals surface area contributed by atoms with Crippen molar-refractivity contribution in [3.63, 3.8) is 0 Å². The minimum atomic E-state index is -4.79. The van der Waals surface area contributed by atoms with E-state index in [9.17, 15) is 18.0 Å². The molecule has 0 radical (unpaired) electrons. The first-order chi connectivity index (χ1) is 15.8. The van der Waals surface area contributed by atoms with Gasteiger partial charge in [-0.15, -0.1) is 11.3 Å². The number of rotatable bonds is 6. The predicted molar refractivity (Wildman–Crippen MR) is 120 cm³/mol. The average Bonchev–Trinajstić information content (AvgIpc) is 3.42. The van der Waals surface area contributed by atoms with Crippen molar-refractivity contribution >= 4 is 22.4 Å². The molecular formula is C23H19F3N4O2S. The van der Waals surface area contributed by atoms with E-state index in [4.69, 9.17) is 4.74 Å². The van der Waals surface area contributed by atoms with Gasteiger partial charge in [-0.2, -0.15) is 18.3 Å². The van der Waals surface area contributed by atoms with Gasteiger partial charge in [-0.05, 0) is 38.1 Å². The third kappa shape index (κ3) is 4.75. The largest absolute Gasteiger partial charge is 0.493 e. The molecule has 4 rings (SSSR count). The van der Waals surface area contributed by atoms with Gasteiger partial charge < -0.3 is 4.74 Å². The molecule has 0 aliphatic carbocycles. The first-order valence-corrected chi connectivity index (χ1v) is 10.9. The SMILES string of the molecule is CCOc1ccccc1-c1csc(NC(=O)c2cnn(-c3ccc(C)cc3)c2C(F)(F)F)n1. The molecule has 0 saturated heterocycles. The average molecular weight is 472 g/mol. The molecule has 0 atom stereocenters. The van der Waals surface area contributed by atoms with Gasteiger partial charge in [-0.25, -0.2) is 9.67 Å². The summed E-state index contributed by atoms with van der Waals surface area (Å²) in [7, 11) is 0. The lowest BCUT2D eigenvalue weighted by atomic mass is 10.1. The van der Waals surface area contributed by atoms with Crippen LogP contribution in [0.15, 0.2) is 60.1 Å². The zero-order valence-corrected chi connectivity index (χ0v) is 18.5. The molecule has 0 fully saturated rings. The fourth-order valence-electron chi connectivity index (χ4n) is 3.25. The topological polar surface area (TPSA) is 69.0 Å². The summed E-state index contributed by atoms with van der Waals surface area (Å²) in [5.74, 6) is -0.318. The van der Waals surface area contributed by atoms with Gasteiger partial charge in [0.1, 0.15) is 5.75 Å². The molecule has 0 saturated carbocycles. The van der Waals surface area contributed by atoms with Crippen LogP contribution in [-0.4, -0.2) is 27.3 Å². The Kier molecular flexibility index (Phi) is 6.19. The molecule has 1 amide bonds. The number of aromatic nitrogens is 3. The Labute approximate surface area is 191 Å². The Morgan fingerprint density at radius 2 is 1.88 bits per heavy atom. The Morgan fingerprint density at radius 3 is 2.58 bits per heavy atom. The summed E-state index contributed by atoms with van der Waals surface area (Å²) in [4.78, 5) is 17.1. The minimum Gasteiger partial charge on any atom is -0.493 e. The number of thiazole rings is 1. The number of carbonyl (C=O) groups excluding carboxylic acids is 1. The number of carbonyl (C=O) groups is 1. The summed E-state index contributed by atoms with van der Waals surface area (Å²) in [6.07, 6.45) is -3.88. The highest BCUT2D eigenvalue weighted by Gasteiger charge is 2.40. The van der Waals surface area contributed by atoms with Crippen LogP contribution >= 0.6 is 11.3 Å². The van der Waals surface area contributed by atoms with E-state index < -0.39 is 23.3 Å². The quantitative estimate of drug-likeness (QED) is 0.375. The molecule has 6 nitrogen and oxygen atoms in total. The van der Waals surface area contributed by atoms with Gasteiger partial charge in [0.25, 0.3) is 5.91 Å². The minimum absolute atomic E-state index is 0.164. The van der Waals surface area contributed by atoms with Crippen LogP contribution in [0.3, 0.4) is 0 Å². The molecule has 2 aromatic carbocycles. The zero-order valence-electron chi connectivity index (χ0n) is 17.7. The fraction of sp³-hybridized carbons (Fsp3) is 0.174. The Hall–Kier alpha value is -3.66. The number of alkyl halides is 3. The first kappa shape index (κ1) is 22.5. The van der Waals surface area contributed by atoms with Crippen molar-refractivity contribution in [3.05, 3.63) is 76.9 Å². The van der Waals surface area contributed by atoms with Crippen molar-refractivity contribution in [2.45, 2.75) is 20.0 Å². The first-order valence-electron chi connectivity index (χ1n) is 9.99. The number of para-hydroxylation sites is 1. The Bertz CT molecular complexity index is 1280. The summed E-state index contributed by atoms with van der Waals surface area (Å²) >= 11 is 1.11. The van der Waals surface area contributed by atoms with E-state index >= 15 is 0 Å². The molecule has 0 spiro atoms. The lowest BCUT2D eigenvalue weighted by molar-refractivity contribution is -0.143. The summed E-state index contributed by atoms with van der Waals surface area (Å²) in [5, 5.41) is 8.16. The van der Waals surface area contributed by atoms with E-state index in [1.807, 2.05) is 32.0 Å². The van der Waals surface area contributed by atoms with Gasteiger partial charge in [0.2, 0.25) is 0 Å². The molecule has 10 heteroatoms. The monoisotopic (exact) mass is 472 g/mol. The standard InChI is InChI=1S/C23H19F3N4O2S/c1-3-32-19-7-5-4-6-16(19)18-13-33-22(28-18)29-21(31)17-12-27-30(20(17)23(24,25)26)15-10-8-14(2)9-11-15/h4-13H,3H2,1-2H3,(H,28,29,31). The summed E-state index contributed by atoms with van der Waals surface area (Å²) in [5.41, 5.74) is 0.626. The van der Waals surface area contributed by atoms with Gasteiger partial charge in [0, 0.05) is 10.9 Å². The summed E-state index contributed by atoms with van der Waals surface area (Å²) < 4.78 is 48.0. The van der Waals surface area contributed by atoms with E-state index in [1.165, 1.54) is 12.1 Å². The van der Waals surface area contributed by atoms with E-state index in [1.54, 1.807) is 23.6 Å². The number of hydrogen-bond acceptors (Lipinski definition) is 5. The summed E-state index contributed by atoms with van der Waals surface area (Å²) in [6, 6.07) is 13.6. The third-order valence-electron chi connectivity index (χ3n) is 4.75. The van der Waals surface area contributed by atoms with Crippen LogP contribution in [0.1, 0.15) is 28.5 Å². The van der Waals surface area contributed by atoms with E-state index in [2.05, 4.69) is 15.4 Å². The van der Waals surface area contributed by atoms with Crippen LogP contribution in [-0.2, 0) is 6.18 Å².